The fraction of sp³-hybridized carbons (Fsp3) is 0.511. The van der Waals surface area contributed by atoms with Gasteiger partial charge in [0.25, 0.3) is 5.91 Å². The number of amides is 3. The number of carbonyl (C=O) groups is 7. The number of likely N-dealkylation sites (tertiary alicyclic amines) is 1. The number of benzene rings is 2. The minimum atomic E-state index is -1.43. The lowest BCUT2D eigenvalue weighted by Gasteiger charge is -2.36. The van der Waals surface area contributed by atoms with Gasteiger partial charge in [-0.05, 0) is 109 Å². The molecular formula is C47H63N3O13. The Bertz CT molecular complexity index is 1970. The number of ketones is 1. The van der Waals surface area contributed by atoms with Crippen LogP contribution >= 0.6 is 0 Å². The molecule has 0 saturated carbocycles. The Kier molecular flexibility index (Phi) is 19.9. The summed E-state index contributed by atoms with van der Waals surface area (Å²) < 4.78 is 32.7. The summed E-state index contributed by atoms with van der Waals surface area (Å²) in [4.78, 5) is 93.7. The Hall–Kier alpha value is -6.19. The smallest absolute Gasteiger partial charge is 0.410 e. The monoisotopic (exact) mass is 877 g/mol. The maximum atomic E-state index is 14.1. The van der Waals surface area contributed by atoms with Crippen LogP contribution in [0.3, 0.4) is 0 Å². The number of carbonyl (C=O) groups excluding carboxylic acids is 7. The molecule has 1 N–H and O–H groups in total. The van der Waals surface area contributed by atoms with E-state index in [9.17, 15) is 33.6 Å². The fourth-order valence-corrected chi connectivity index (χ4v) is 6.41. The van der Waals surface area contributed by atoms with Gasteiger partial charge in [0.2, 0.25) is 11.7 Å². The van der Waals surface area contributed by atoms with E-state index < -0.39 is 71.4 Å². The van der Waals surface area contributed by atoms with Crippen LogP contribution in [0.2, 0.25) is 0 Å². The zero-order chi connectivity index (χ0) is 46.7. The zero-order valence-electron chi connectivity index (χ0n) is 37.8. The van der Waals surface area contributed by atoms with E-state index in [0.29, 0.717) is 54.9 Å². The molecule has 2 atom stereocenters. The maximum Gasteiger partial charge on any atom is 0.410 e. The van der Waals surface area contributed by atoms with Crippen LogP contribution in [0.5, 0.6) is 11.5 Å². The van der Waals surface area contributed by atoms with Gasteiger partial charge in [-0.25, -0.2) is 14.4 Å². The predicted octanol–water partition coefficient (Wildman–Crippen LogP) is 6.70. The molecule has 63 heavy (non-hydrogen) atoms. The van der Waals surface area contributed by atoms with Crippen molar-refractivity contribution in [3.8, 4) is 11.5 Å². The molecule has 16 nitrogen and oxygen atoms in total. The number of nitrogens with one attached hydrogen (secondary N) is 1. The number of rotatable bonds is 22. The highest BCUT2D eigenvalue weighted by atomic mass is 16.6. The van der Waals surface area contributed by atoms with Crippen LogP contribution < -0.4 is 14.8 Å². The van der Waals surface area contributed by atoms with Gasteiger partial charge in [0.15, 0.2) is 11.5 Å². The number of Topliss-reactive ketones (excluding diaryl/α,β-unsaturated/α-hetero) is 1. The van der Waals surface area contributed by atoms with Gasteiger partial charge in [0, 0.05) is 38.3 Å². The van der Waals surface area contributed by atoms with Crippen LogP contribution in [0, 0.1) is 5.41 Å². The lowest BCUT2D eigenvalue weighted by atomic mass is 9.87. The number of hydrogen-bond acceptors (Lipinski definition) is 13. The second-order valence-electron chi connectivity index (χ2n) is 16.7. The Balaban J connectivity index is 1.73. The van der Waals surface area contributed by atoms with E-state index in [-0.39, 0.29) is 39.0 Å². The van der Waals surface area contributed by atoms with Crippen LogP contribution in [-0.4, -0.2) is 111 Å². The van der Waals surface area contributed by atoms with E-state index >= 15 is 0 Å². The third-order valence-corrected chi connectivity index (χ3v) is 9.87. The van der Waals surface area contributed by atoms with E-state index in [2.05, 4.69) is 11.9 Å². The Morgan fingerprint density at radius 1 is 0.937 bits per heavy atom. The molecule has 3 amide bonds. The highest BCUT2D eigenvalue weighted by Gasteiger charge is 2.42. The molecule has 344 valence electrons. The van der Waals surface area contributed by atoms with Crippen molar-refractivity contribution < 1.29 is 62.0 Å². The molecule has 0 spiro atoms. The number of piperidine rings is 1. The van der Waals surface area contributed by atoms with E-state index in [1.54, 1.807) is 58.2 Å². The quantitative estimate of drug-likeness (QED) is 0.0432. The first-order valence-electron chi connectivity index (χ1n) is 21.0. The van der Waals surface area contributed by atoms with Crippen LogP contribution in [-0.2, 0) is 54.1 Å². The highest BCUT2D eigenvalue weighted by molar-refractivity contribution is 6.38. The molecule has 2 aromatic carbocycles. The van der Waals surface area contributed by atoms with Crippen LogP contribution in [0.1, 0.15) is 96.8 Å². The predicted molar refractivity (Wildman–Crippen MR) is 234 cm³/mol. The second kappa shape index (κ2) is 24.4. The average Bonchev–Trinajstić information content (AvgIpc) is 3.25. The van der Waals surface area contributed by atoms with Gasteiger partial charge >= 0.3 is 24.0 Å². The number of ether oxygens (including phenoxy) is 6. The summed E-state index contributed by atoms with van der Waals surface area (Å²) in [5.41, 5.74) is -0.235. The Morgan fingerprint density at radius 3 is 2.35 bits per heavy atom. The molecule has 2 aromatic rings. The minimum Gasteiger partial charge on any atom is -0.493 e. The summed E-state index contributed by atoms with van der Waals surface area (Å²) in [5, 5.41) is 2.78. The van der Waals surface area contributed by atoms with Crippen molar-refractivity contribution in [2.24, 2.45) is 5.41 Å². The van der Waals surface area contributed by atoms with Crippen molar-refractivity contribution in [1.29, 1.82) is 0 Å². The third kappa shape index (κ3) is 16.9. The first kappa shape index (κ1) is 51.2. The molecule has 1 aliphatic rings. The molecule has 0 unspecified atom stereocenters. The number of aryl methyl sites for hydroxylation is 1. The van der Waals surface area contributed by atoms with E-state index in [4.69, 9.17) is 28.4 Å². The fourth-order valence-electron chi connectivity index (χ4n) is 6.41. The molecule has 16 heteroatoms. The van der Waals surface area contributed by atoms with E-state index in [1.165, 1.54) is 56.1 Å². The highest BCUT2D eigenvalue weighted by Crippen LogP contribution is 2.32. The SMILES string of the molecule is C=CCOC(=O)CCC(=O)Nc1cccc([C@@H](CCc2ccc(OC)c(OC)c2)OC(=O)[C@@H]2CCCCN2C(=O)C(=O)C(C)(C)COC(=O)/C=C/CCN(C)C(=O)OC(C)(C)C)c1. The summed E-state index contributed by atoms with van der Waals surface area (Å²) in [6, 6.07) is 11.2. The van der Waals surface area contributed by atoms with Crippen molar-refractivity contribution in [3.05, 3.63) is 78.4 Å². The van der Waals surface area contributed by atoms with Gasteiger partial charge < -0.3 is 43.5 Å². The minimum absolute atomic E-state index is 0.0451. The van der Waals surface area contributed by atoms with Crippen molar-refractivity contribution in [2.45, 2.75) is 104 Å². The molecule has 1 aliphatic heterocycles. The maximum absolute atomic E-state index is 14.1. The lowest BCUT2D eigenvalue weighted by molar-refractivity contribution is -0.165. The zero-order valence-corrected chi connectivity index (χ0v) is 37.8. The molecular weight excluding hydrogens is 815 g/mol. The van der Waals surface area contributed by atoms with Gasteiger partial charge in [0.05, 0.1) is 26.1 Å². The van der Waals surface area contributed by atoms with Crippen LogP contribution in [0.4, 0.5) is 10.5 Å². The van der Waals surface area contributed by atoms with Crippen LogP contribution in [0.15, 0.2) is 67.3 Å². The summed E-state index contributed by atoms with van der Waals surface area (Å²) in [5.74, 6) is -3.03. The number of nitrogens with zero attached hydrogens (tertiary/aromatic N) is 2. The molecule has 1 fully saturated rings. The van der Waals surface area contributed by atoms with Crippen LogP contribution in [0.25, 0.3) is 0 Å². The van der Waals surface area contributed by atoms with Gasteiger partial charge in [-0.1, -0.05) is 36.9 Å². The van der Waals surface area contributed by atoms with Crippen molar-refractivity contribution in [1.82, 2.24) is 9.80 Å². The first-order chi connectivity index (χ1) is 29.8. The topological polar surface area (TPSA) is 193 Å². The second-order valence-corrected chi connectivity index (χ2v) is 16.7. The third-order valence-electron chi connectivity index (χ3n) is 9.87. The van der Waals surface area contributed by atoms with Gasteiger partial charge in [0.1, 0.15) is 31.0 Å². The summed E-state index contributed by atoms with van der Waals surface area (Å²) >= 11 is 0. The lowest BCUT2D eigenvalue weighted by Crippen LogP contribution is -2.53. The largest absolute Gasteiger partial charge is 0.493 e. The van der Waals surface area contributed by atoms with Crippen molar-refractivity contribution in [3.63, 3.8) is 0 Å². The van der Waals surface area contributed by atoms with E-state index in [1.807, 2.05) is 12.1 Å². The standard InChI is InChI=1S/C47H63N3O13/c1-10-28-60-41(53)25-24-39(51)48-34-17-15-16-33(30-34)36(22-20-32-21-23-37(58-8)38(29-32)59-9)62-44(56)35-18-11-14-27-50(35)43(55)42(54)47(5,6)31-61-40(52)19-12-13-26-49(7)45(57)63-46(2,3)4/h10,12,15-17,19,21,23,29-30,35-36H,1,11,13-14,18,20,22,24-28,31H2,2-9H3,(H,48,51)/b19-12+/t35-,36+/m0/s1. The molecule has 1 saturated heterocycles. The van der Waals surface area contributed by atoms with Gasteiger partial charge in [-0.3, -0.25) is 19.2 Å². The molecule has 0 bridgehead atoms. The number of anilines is 1. The molecule has 3 rings (SSSR count). The summed E-state index contributed by atoms with van der Waals surface area (Å²) in [7, 11) is 4.65. The average molecular weight is 878 g/mol. The molecule has 0 radical (unpaired) electrons. The molecule has 0 aliphatic carbocycles. The van der Waals surface area contributed by atoms with Crippen molar-refractivity contribution in [2.75, 3.05) is 52.9 Å². The Labute approximate surface area is 370 Å². The van der Waals surface area contributed by atoms with Crippen molar-refractivity contribution >= 4 is 47.3 Å². The normalized spacial score (nSPS) is 14.5. The van der Waals surface area contributed by atoms with E-state index in [0.717, 1.165) is 5.56 Å². The summed E-state index contributed by atoms with van der Waals surface area (Å²) in [6.07, 6.45) is 5.06. The first-order valence-corrected chi connectivity index (χ1v) is 21.0. The number of methoxy groups -OCH3 is 2. The molecule has 1 heterocycles. The Morgan fingerprint density at radius 2 is 1.67 bits per heavy atom. The van der Waals surface area contributed by atoms with Gasteiger partial charge in [-0.2, -0.15) is 0 Å². The van der Waals surface area contributed by atoms with Gasteiger partial charge in [-0.15, -0.1) is 0 Å². The number of hydrogen-bond donors (Lipinski definition) is 1. The molecule has 0 aromatic heterocycles. The summed E-state index contributed by atoms with van der Waals surface area (Å²) in [6.45, 7) is 11.8. The number of esters is 3.